The topological polar surface area (TPSA) is 107 Å². The van der Waals surface area contributed by atoms with E-state index in [1.54, 1.807) is 11.8 Å². The van der Waals surface area contributed by atoms with E-state index in [0.717, 1.165) is 35.7 Å². The Kier molecular flexibility index (Phi) is 6.44. The third kappa shape index (κ3) is 4.85. The molecule has 3 amide bonds. The fraction of sp³-hybridized carbons (Fsp3) is 0.500. The van der Waals surface area contributed by atoms with Crippen molar-refractivity contribution in [3.63, 3.8) is 0 Å². The van der Waals surface area contributed by atoms with Crippen molar-refractivity contribution >= 4 is 40.7 Å². The second-order valence-corrected chi connectivity index (χ2v) is 7.57. The van der Waals surface area contributed by atoms with Crippen LogP contribution in [0.25, 0.3) is 11.0 Å². The number of aromatic amines is 1. The highest BCUT2D eigenvalue weighted by Gasteiger charge is 2.27. The van der Waals surface area contributed by atoms with E-state index in [1.165, 1.54) is 0 Å². The number of carbonyl (C=O) groups excluding carboxylic acids is 2. The smallest absolute Gasteiger partial charge is 0.312 e. The molecule has 3 rings (SSSR count). The third-order valence-electron chi connectivity index (χ3n) is 4.71. The lowest BCUT2D eigenvalue weighted by Gasteiger charge is -2.26. The number of nitrogens with two attached hydrogens (primary N) is 1. The molecule has 0 bridgehead atoms. The normalized spacial score (nSPS) is 16.2. The minimum Gasteiger partial charge on any atom is -0.352 e. The van der Waals surface area contributed by atoms with E-state index in [2.05, 4.69) is 20.2 Å². The van der Waals surface area contributed by atoms with Gasteiger partial charge in [0, 0.05) is 26.2 Å². The fourth-order valence-corrected chi connectivity index (χ4v) is 3.80. The lowest BCUT2D eigenvalue weighted by molar-refractivity contribution is -0.133. The van der Waals surface area contributed by atoms with Gasteiger partial charge in [0.25, 0.3) is 0 Å². The van der Waals surface area contributed by atoms with Crippen LogP contribution in [0.5, 0.6) is 0 Å². The lowest BCUT2D eigenvalue weighted by atomic mass is 10.2. The van der Waals surface area contributed by atoms with Crippen LogP contribution >= 0.6 is 11.8 Å². The first-order chi connectivity index (χ1) is 13.1. The van der Waals surface area contributed by atoms with Gasteiger partial charge in [0.05, 0.1) is 11.0 Å². The number of primary amides is 1. The molecule has 4 N–H and O–H groups in total. The third-order valence-corrected chi connectivity index (χ3v) is 5.35. The minimum absolute atomic E-state index is 0.0608. The first kappa shape index (κ1) is 19.3. The maximum Gasteiger partial charge on any atom is 0.312 e. The van der Waals surface area contributed by atoms with Gasteiger partial charge >= 0.3 is 6.03 Å². The number of amides is 3. The molecule has 0 aliphatic carbocycles. The highest BCUT2D eigenvalue weighted by Crippen LogP contribution is 2.19. The molecule has 1 saturated heterocycles. The summed E-state index contributed by atoms with van der Waals surface area (Å²) in [6, 6.07) is 6.71. The molecule has 0 radical (unpaired) electrons. The first-order valence-electron chi connectivity index (χ1n) is 9.12. The fourth-order valence-electron chi connectivity index (χ4n) is 3.32. The van der Waals surface area contributed by atoms with Gasteiger partial charge in [0.1, 0.15) is 6.04 Å². The number of hydrogen-bond donors (Lipinski definition) is 3. The largest absolute Gasteiger partial charge is 0.352 e. The molecule has 0 spiro atoms. The predicted molar refractivity (Wildman–Crippen MR) is 109 cm³/mol. The van der Waals surface area contributed by atoms with Crippen molar-refractivity contribution in [1.29, 1.82) is 0 Å². The SMILES string of the molecule is CSCCC(NC(N)=O)C(=O)N1CCCN(c2nc3ccccc3[nH]2)CC1. The zero-order valence-corrected chi connectivity index (χ0v) is 16.3. The molecule has 1 aliphatic rings. The van der Waals surface area contributed by atoms with E-state index in [1.807, 2.05) is 35.4 Å². The summed E-state index contributed by atoms with van der Waals surface area (Å²) in [6.45, 7) is 2.76. The van der Waals surface area contributed by atoms with Gasteiger partial charge in [-0.2, -0.15) is 11.8 Å². The van der Waals surface area contributed by atoms with Crippen LogP contribution in [0.4, 0.5) is 10.7 Å². The van der Waals surface area contributed by atoms with Gasteiger partial charge in [-0.3, -0.25) is 4.79 Å². The Labute approximate surface area is 162 Å². The molecule has 0 saturated carbocycles. The van der Waals surface area contributed by atoms with E-state index >= 15 is 0 Å². The van der Waals surface area contributed by atoms with Gasteiger partial charge < -0.3 is 25.8 Å². The van der Waals surface area contributed by atoms with Crippen molar-refractivity contribution in [2.45, 2.75) is 18.9 Å². The number of fused-ring (bicyclic) bond motifs is 1. The Bertz CT molecular complexity index is 762. The molecule has 146 valence electrons. The summed E-state index contributed by atoms with van der Waals surface area (Å²) in [5, 5.41) is 2.59. The van der Waals surface area contributed by atoms with Gasteiger partial charge in [0.2, 0.25) is 11.9 Å². The van der Waals surface area contributed by atoms with Gasteiger partial charge in [-0.05, 0) is 37.0 Å². The number of urea groups is 1. The minimum atomic E-state index is -0.659. The number of aromatic nitrogens is 2. The van der Waals surface area contributed by atoms with E-state index in [0.29, 0.717) is 26.1 Å². The van der Waals surface area contributed by atoms with Crippen molar-refractivity contribution in [2.75, 3.05) is 43.1 Å². The van der Waals surface area contributed by atoms with Gasteiger partial charge in [-0.15, -0.1) is 0 Å². The van der Waals surface area contributed by atoms with Crippen LogP contribution in [0.15, 0.2) is 24.3 Å². The monoisotopic (exact) mass is 390 g/mol. The summed E-state index contributed by atoms with van der Waals surface area (Å²) in [5.74, 6) is 1.56. The second kappa shape index (κ2) is 8.98. The van der Waals surface area contributed by atoms with Crippen LogP contribution in [-0.4, -0.2) is 71.0 Å². The highest BCUT2D eigenvalue weighted by atomic mass is 32.2. The number of rotatable bonds is 6. The van der Waals surface area contributed by atoms with Crippen LogP contribution < -0.4 is 16.0 Å². The molecule has 2 aromatic rings. The highest BCUT2D eigenvalue weighted by molar-refractivity contribution is 7.98. The number of anilines is 1. The molecule has 1 aromatic heterocycles. The molecule has 1 fully saturated rings. The van der Waals surface area contributed by atoms with Crippen LogP contribution in [0, 0.1) is 0 Å². The lowest BCUT2D eigenvalue weighted by Crippen LogP contribution is -2.51. The number of para-hydroxylation sites is 2. The summed E-state index contributed by atoms with van der Waals surface area (Å²) < 4.78 is 0. The van der Waals surface area contributed by atoms with Crippen LogP contribution in [-0.2, 0) is 4.79 Å². The van der Waals surface area contributed by atoms with E-state index in [-0.39, 0.29) is 5.91 Å². The molecule has 1 unspecified atom stereocenters. The zero-order valence-electron chi connectivity index (χ0n) is 15.5. The molecule has 2 heterocycles. The van der Waals surface area contributed by atoms with Crippen molar-refractivity contribution < 1.29 is 9.59 Å². The molecule has 8 nitrogen and oxygen atoms in total. The first-order valence-corrected chi connectivity index (χ1v) is 10.5. The maximum absolute atomic E-state index is 12.9. The van der Waals surface area contributed by atoms with Crippen molar-refractivity contribution in [1.82, 2.24) is 20.2 Å². The summed E-state index contributed by atoms with van der Waals surface area (Å²) in [4.78, 5) is 36.1. The quantitative estimate of drug-likeness (QED) is 0.691. The Balaban J connectivity index is 1.65. The number of H-pyrrole nitrogens is 1. The van der Waals surface area contributed by atoms with Gasteiger partial charge in [-0.1, -0.05) is 12.1 Å². The number of nitrogens with one attached hydrogen (secondary N) is 2. The van der Waals surface area contributed by atoms with Crippen molar-refractivity contribution in [3.05, 3.63) is 24.3 Å². The predicted octanol–water partition coefficient (Wildman–Crippen LogP) is 1.39. The number of thioether (sulfide) groups is 1. The summed E-state index contributed by atoms with van der Waals surface area (Å²) in [7, 11) is 0. The van der Waals surface area contributed by atoms with Crippen molar-refractivity contribution in [3.8, 4) is 0 Å². The second-order valence-electron chi connectivity index (χ2n) is 6.59. The molecule has 1 aromatic carbocycles. The zero-order chi connectivity index (χ0) is 19.2. The van der Waals surface area contributed by atoms with Crippen LogP contribution in [0.2, 0.25) is 0 Å². The maximum atomic E-state index is 12.9. The van der Waals surface area contributed by atoms with Crippen molar-refractivity contribution in [2.24, 2.45) is 5.73 Å². The molecule has 27 heavy (non-hydrogen) atoms. The summed E-state index contributed by atoms with van der Waals surface area (Å²) >= 11 is 1.64. The standard InChI is InChI=1S/C18H26N6O2S/c1-27-12-7-15(20-17(19)26)16(25)23-8-4-9-24(11-10-23)18-21-13-5-2-3-6-14(13)22-18/h2-3,5-6,15H,4,7-12H2,1H3,(H,21,22)(H3,19,20,26). The van der Waals surface area contributed by atoms with Crippen LogP contribution in [0.3, 0.4) is 0 Å². The number of hydrogen-bond acceptors (Lipinski definition) is 5. The summed E-state index contributed by atoms with van der Waals surface area (Å²) in [5.41, 5.74) is 7.19. The Morgan fingerprint density at radius 1 is 1.30 bits per heavy atom. The number of nitrogens with zero attached hydrogens (tertiary/aromatic N) is 3. The number of carbonyl (C=O) groups is 2. The van der Waals surface area contributed by atoms with E-state index in [9.17, 15) is 9.59 Å². The number of imidazole rings is 1. The van der Waals surface area contributed by atoms with E-state index in [4.69, 9.17) is 5.73 Å². The van der Waals surface area contributed by atoms with Gasteiger partial charge in [0.15, 0.2) is 0 Å². The molecular weight excluding hydrogens is 364 g/mol. The average Bonchev–Trinajstić information content (AvgIpc) is 2.93. The van der Waals surface area contributed by atoms with Crippen LogP contribution in [0.1, 0.15) is 12.8 Å². The summed E-state index contributed by atoms with van der Waals surface area (Å²) in [6.07, 6.45) is 3.39. The average molecular weight is 391 g/mol. The molecular formula is C18H26N6O2S. The van der Waals surface area contributed by atoms with E-state index < -0.39 is 12.1 Å². The molecule has 1 aliphatic heterocycles. The van der Waals surface area contributed by atoms with Gasteiger partial charge in [-0.25, -0.2) is 9.78 Å². The Hall–Kier alpha value is -2.42. The Morgan fingerprint density at radius 3 is 2.85 bits per heavy atom. The number of benzene rings is 1. The molecule has 1 atom stereocenters. The Morgan fingerprint density at radius 2 is 2.11 bits per heavy atom. The molecule has 9 heteroatoms.